The van der Waals surface area contributed by atoms with Crippen molar-refractivity contribution >= 4 is 5.96 Å². The Balaban J connectivity index is 1.79. The van der Waals surface area contributed by atoms with Gasteiger partial charge in [0.15, 0.2) is 5.96 Å². The lowest BCUT2D eigenvalue weighted by molar-refractivity contribution is 0.223. The molecule has 0 fully saturated rings. The predicted molar refractivity (Wildman–Crippen MR) is 105 cm³/mol. The Morgan fingerprint density at radius 2 is 2.08 bits per heavy atom. The van der Waals surface area contributed by atoms with Crippen LogP contribution in [0.15, 0.2) is 39.9 Å². The maximum absolute atomic E-state index is 5.92. The molecule has 26 heavy (non-hydrogen) atoms. The molecule has 6 nitrogen and oxygen atoms in total. The first-order chi connectivity index (χ1) is 12.3. The second-order valence-corrected chi connectivity index (χ2v) is 7.42. The largest absolute Gasteiger partial charge is 0.489 e. The molecule has 0 amide bonds. The van der Waals surface area contributed by atoms with Crippen LogP contribution in [-0.2, 0) is 12.0 Å². The monoisotopic (exact) mass is 358 g/mol. The molecule has 1 heterocycles. The van der Waals surface area contributed by atoms with E-state index in [1.807, 2.05) is 25.1 Å². The van der Waals surface area contributed by atoms with Gasteiger partial charge in [0.2, 0.25) is 5.89 Å². The Morgan fingerprint density at radius 3 is 2.69 bits per heavy atom. The molecule has 2 rings (SSSR count). The first-order valence-electron chi connectivity index (χ1n) is 8.91. The summed E-state index contributed by atoms with van der Waals surface area (Å²) < 4.78 is 11.7. The third-order valence-electron chi connectivity index (χ3n) is 3.81. The highest BCUT2D eigenvalue weighted by Gasteiger charge is 2.19. The second-order valence-electron chi connectivity index (χ2n) is 7.42. The molecule has 0 radical (unpaired) electrons. The Kier molecular flexibility index (Phi) is 6.66. The molecule has 0 aliphatic heterocycles. The minimum atomic E-state index is -0.0479. The summed E-state index contributed by atoms with van der Waals surface area (Å²) in [5, 5.41) is 6.46. The van der Waals surface area contributed by atoms with E-state index < -0.39 is 0 Å². The summed E-state index contributed by atoms with van der Waals surface area (Å²) in [6, 6.07) is 8.04. The topological polar surface area (TPSA) is 71.7 Å². The van der Waals surface area contributed by atoms with Crippen LogP contribution in [0.1, 0.15) is 44.9 Å². The SMILES string of the molecule is CN=C(NCc1ncc(C(C)(C)C)o1)NCC(C)Oc1cccc(C)c1. The molecule has 0 aliphatic carbocycles. The summed E-state index contributed by atoms with van der Waals surface area (Å²) in [4.78, 5) is 8.53. The average Bonchev–Trinajstić information content (AvgIpc) is 3.04. The highest BCUT2D eigenvalue weighted by molar-refractivity contribution is 5.79. The van der Waals surface area contributed by atoms with Gasteiger partial charge in [-0.05, 0) is 31.5 Å². The van der Waals surface area contributed by atoms with E-state index in [-0.39, 0.29) is 11.5 Å². The van der Waals surface area contributed by atoms with Crippen molar-refractivity contribution in [3.8, 4) is 5.75 Å². The number of oxazole rings is 1. The van der Waals surface area contributed by atoms with Gasteiger partial charge in [-0.3, -0.25) is 4.99 Å². The van der Waals surface area contributed by atoms with Gasteiger partial charge in [0.05, 0.1) is 19.3 Å². The van der Waals surface area contributed by atoms with Gasteiger partial charge >= 0.3 is 0 Å². The summed E-state index contributed by atoms with van der Waals surface area (Å²) in [5.41, 5.74) is 1.13. The molecule has 0 saturated carbocycles. The Morgan fingerprint density at radius 1 is 1.31 bits per heavy atom. The molecular weight excluding hydrogens is 328 g/mol. The molecule has 1 atom stereocenters. The van der Waals surface area contributed by atoms with Crippen LogP contribution in [0.2, 0.25) is 0 Å². The van der Waals surface area contributed by atoms with Crippen molar-refractivity contribution in [2.45, 2.75) is 52.7 Å². The van der Waals surface area contributed by atoms with Gasteiger partial charge in [0.1, 0.15) is 17.6 Å². The van der Waals surface area contributed by atoms with Crippen LogP contribution >= 0.6 is 0 Å². The first kappa shape index (κ1) is 19.8. The number of nitrogens with zero attached hydrogens (tertiary/aromatic N) is 2. The van der Waals surface area contributed by atoms with Gasteiger partial charge in [0.25, 0.3) is 0 Å². The van der Waals surface area contributed by atoms with Crippen LogP contribution in [0.5, 0.6) is 5.75 Å². The normalized spacial score (nSPS) is 13.4. The molecule has 0 aliphatic rings. The van der Waals surface area contributed by atoms with E-state index in [1.54, 1.807) is 13.2 Å². The van der Waals surface area contributed by atoms with E-state index in [0.717, 1.165) is 11.5 Å². The summed E-state index contributed by atoms with van der Waals surface area (Å²) in [5.74, 6) is 3.07. The number of hydrogen-bond donors (Lipinski definition) is 2. The van der Waals surface area contributed by atoms with Crippen molar-refractivity contribution in [3.05, 3.63) is 47.7 Å². The lowest BCUT2D eigenvalue weighted by atomic mass is 9.94. The van der Waals surface area contributed by atoms with E-state index in [2.05, 4.69) is 54.4 Å². The molecule has 0 saturated heterocycles. The fourth-order valence-electron chi connectivity index (χ4n) is 2.32. The van der Waals surface area contributed by atoms with Crippen molar-refractivity contribution in [1.29, 1.82) is 0 Å². The van der Waals surface area contributed by atoms with Gasteiger partial charge in [-0.15, -0.1) is 0 Å². The van der Waals surface area contributed by atoms with Crippen molar-refractivity contribution < 1.29 is 9.15 Å². The molecule has 1 aromatic carbocycles. The van der Waals surface area contributed by atoms with Crippen LogP contribution in [-0.4, -0.2) is 30.6 Å². The summed E-state index contributed by atoms with van der Waals surface area (Å²) in [6.45, 7) is 11.5. The number of benzene rings is 1. The minimum absolute atomic E-state index is 0.00424. The zero-order valence-corrected chi connectivity index (χ0v) is 16.6. The Bertz CT molecular complexity index is 731. The predicted octanol–water partition coefficient (Wildman–Crippen LogP) is 3.41. The van der Waals surface area contributed by atoms with Crippen LogP contribution in [0, 0.1) is 6.92 Å². The van der Waals surface area contributed by atoms with Crippen molar-refractivity contribution in [2.24, 2.45) is 4.99 Å². The van der Waals surface area contributed by atoms with Gasteiger partial charge in [-0.1, -0.05) is 32.9 Å². The third-order valence-corrected chi connectivity index (χ3v) is 3.81. The molecule has 1 aromatic heterocycles. The summed E-state index contributed by atoms with van der Waals surface area (Å²) in [6.07, 6.45) is 1.79. The molecule has 142 valence electrons. The molecule has 6 heteroatoms. The lowest BCUT2D eigenvalue weighted by Gasteiger charge is -2.17. The van der Waals surface area contributed by atoms with Gasteiger partial charge in [-0.25, -0.2) is 4.98 Å². The fourth-order valence-corrected chi connectivity index (χ4v) is 2.32. The van der Waals surface area contributed by atoms with Crippen LogP contribution in [0.25, 0.3) is 0 Å². The van der Waals surface area contributed by atoms with Crippen molar-refractivity contribution in [3.63, 3.8) is 0 Å². The maximum Gasteiger partial charge on any atom is 0.213 e. The maximum atomic E-state index is 5.92. The van der Waals surface area contributed by atoms with E-state index in [0.29, 0.717) is 24.9 Å². The number of nitrogens with one attached hydrogen (secondary N) is 2. The van der Waals surface area contributed by atoms with Gasteiger partial charge in [-0.2, -0.15) is 0 Å². The van der Waals surface area contributed by atoms with E-state index >= 15 is 0 Å². The highest BCUT2D eigenvalue weighted by atomic mass is 16.5. The smallest absolute Gasteiger partial charge is 0.213 e. The number of aromatic nitrogens is 1. The number of ether oxygens (including phenoxy) is 1. The Hall–Kier alpha value is -2.50. The average molecular weight is 358 g/mol. The molecule has 0 spiro atoms. The quantitative estimate of drug-likeness (QED) is 0.612. The third kappa shape index (κ3) is 6.10. The fraction of sp³-hybridized carbons (Fsp3) is 0.500. The standard InChI is InChI=1S/C20H30N4O2/c1-14-8-7-9-16(10-14)25-15(2)11-23-19(21-6)24-13-18-22-12-17(26-18)20(3,4)5/h7-10,12,15H,11,13H2,1-6H3,(H2,21,23,24). The van der Waals surface area contributed by atoms with Gasteiger partial charge in [0, 0.05) is 12.5 Å². The second kappa shape index (κ2) is 8.74. The zero-order chi connectivity index (χ0) is 19.2. The summed E-state index contributed by atoms with van der Waals surface area (Å²) >= 11 is 0. The molecule has 0 bridgehead atoms. The first-order valence-corrected chi connectivity index (χ1v) is 8.91. The van der Waals surface area contributed by atoms with E-state index in [1.165, 1.54) is 5.56 Å². The number of rotatable bonds is 6. The molecular formula is C20H30N4O2. The molecule has 1 unspecified atom stereocenters. The zero-order valence-electron chi connectivity index (χ0n) is 16.6. The number of aliphatic imine (C=N–C) groups is 1. The van der Waals surface area contributed by atoms with Crippen molar-refractivity contribution in [1.82, 2.24) is 15.6 Å². The number of guanidine groups is 1. The van der Waals surface area contributed by atoms with Crippen LogP contribution in [0.4, 0.5) is 0 Å². The van der Waals surface area contributed by atoms with Gasteiger partial charge < -0.3 is 19.8 Å². The molecule has 2 aromatic rings. The van der Waals surface area contributed by atoms with Crippen LogP contribution in [0.3, 0.4) is 0 Å². The lowest BCUT2D eigenvalue weighted by Crippen LogP contribution is -2.41. The van der Waals surface area contributed by atoms with Crippen LogP contribution < -0.4 is 15.4 Å². The number of hydrogen-bond acceptors (Lipinski definition) is 4. The molecule has 2 N–H and O–H groups in total. The highest BCUT2D eigenvalue weighted by Crippen LogP contribution is 2.22. The number of aryl methyl sites for hydroxylation is 1. The van der Waals surface area contributed by atoms with E-state index in [4.69, 9.17) is 9.15 Å². The minimum Gasteiger partial charge on any atom is -0.489 e. The Labute approximate surface area is 156 Å². The van der Waals surface area contributed by atoms with E-state index in [9.17, 15) is 0 Å². The summed E-state index contributed by atoms with van der Waals surface area (Å²) in [7, 11) is 1.73. The van der Waals surface area contributed by atoms with Crippen molar-refractivity contribution in [2.75, 3.05) is 13.6 Å².